The first kappa shape index (κ1) is 19.4. The summed E-state index contributed by atoms with van der Waals surface area (Å²) in [6.45, 7) is 0.395. The van der Waals surface area contributed by atoms with Gasteiger partial charge in [-0.25, -0.2) is 4.68 Å². The third-order valence-corrected chi connectivity index (χ3v) is 4.83. The van der Waals surface area contributed by atoms with Crippen LogP contribution in [0.2, 0.25) is 0 Å². The van der Waals surface area contributed by atoms with Crippen LogP contribution in [0.25, 0.3) is 28.5 Å². The van der Waals surface area contributed by atoms with Gasteiger partial charge >= 0.3 is 0 Å². The summed E-state index contributed by atoms with van der Waals surface area (Å²) in [4.78, 5) is 12.8. The highest BCUT2D eigenvalue weighted by Gasteiger charge is 2.13. The van der Waals surface area contributed by atoms with Gasteiger partial charge in [-0.1, -0.05) is 72.8 Å². The van der Waals surface area contributed by atoms with Gasteiger partial charge in [-0.05, 0) is 35.4 Å². The molecule has 4 rings (SSSR count). The molecule has 30 heavy (non-hydrogen) atoms. The van der Waals surface area contributed by atoms with Crippen molar-refractivity contribution in [2.75, 3.05) is 7.11 Å². The normalized spacial score (nSPS) is 11.0. The zero-order valence-corrected chi connectivity index (χ0v) is 16.7. The molecule has 0 saturated carbocycles. The van der Waals surface area contributed by atoms with Crippen LogP contribution in [-0.4, -0.2) is 16.9 Å². The molecule has 148 valence electrons. The van der Waals surface area contributed by atoms with Gasteiger partial charge in [0.1, 0.15) is 5.75 Å². The molecule has 0 spiro atoms. The van der Waals surface area contributed by atoms with E-state index in [-0.39, 0.29) is 5.56 Å². The van der Waals surface area contributed by atoms with Crippen LogP contribution in [0.3, 0.4) is 0 Å². The summed E-state index contributed by atoms with van der Waals surface area (Å²) in [5.41, 5.74) is 4.41. The van der Waals surface area contributed by atoms with Gasteiger partial charge in [-0.15, -0.1) is 0 Å². The maximum atomic E-state index is 12.8. The van der Waals surface area contributed by atoms with E-state index >= 15 is 0 Å². The second-order valence-corrected chi connectivity index (χ2v) is 6.83. The topological polar surface area (TPSA) is 44.1 Å². The molecular formula is C26H22N2O2. The molecule has 4 heteroatoms. The van der Waals surface area contributed by atoms with Crippen molar-refractivity contribution in [1.82, 2.24) is 9.78 Å². The molecule has 0 N–H and O–H groups in total. The summed E-state index contributed by atoms with van der Waals surface area (Å²) in [6, 6.07) is 29.2. The first-order valence-corrected chi connectivity index (χ1v) is 9.78. The quantitative estimate of drug-likeness (QED) is 0.446. The highest BCUT2D eigenvalue weighted by molar-refractivity contribution is 5.80. The zero-order valence-electron chi connectivity index (χ0n) is 16.7. The lowest BCUT2D eigenvalue weighted by molar-refractivity contribution is 0.415. The Morgan fingerprint density at radius 3 is 2.20 bits per heavy atom. The fourth-order valence-electron chi connectivity index (χ4n) is 3.27. The van der Waals surface area contributed by atoms with Crippen molar-refractivity contribution in [1.29, 1.82) is 0 Å². The molecule has 0 aliphatic carbocycles. The molecule has 1 aromatic heterocycles. The SMILES string of the molecule is COc1ccc(-c2nn(CC=Cc3ccccc3)c(=O)cc2-c2ccccc2)cc1. The van der Waals surface area contributed by atoms with Crippen LogP contribution >= 0.6 is 0 Å². The molecule has 0 saturated heterocycles. The molecule has 0 bridgehead atoms. The van der Waals surface area contributed by atoms with E-state index in [1.54, 1.807) is 13.2 Å². The Bertz CT molecular complexity index is 1200. The van der Waals surface area contributed by atoms with Crippen molar-refractivity contribution in [3.05, 3.63) is 113 Å². The lowest BCUT2D eigenvalue weighted by Gasteiger charge is -2.12. The third-order valence-electron chi connectivity index (χ3n) is 4.83. The van der Waals surface area contributed by atoms with Crippen molar-refractivity contribution in [2.45, 2.75) is 6.54 Å². The number of hydrogen-bond donors (Lipinski definition) is 0. The standard InChI is InChI=1S/C26H22N2O2/c1-30-23-16-14-22(15-17-23)26-24(21-12-6-3-7-13-21)19-25(29)28(27-26)18-8-11-20-9-4-2-5-10-20/h2-17,19H,18H2,1H3. The maximum Gasteiger partial charge on any atom is 0.267 e. The van der Waals surface area contributed by atoms with E-state index in [4.69, 9.17) is 9.84 Å². The van der Waals surface area contributed by atoms with Gasteiger partial charge in [-0.2, -0.15) is 5.10 Å². The van der Waals surface area contributed by atoms with Crippen molar-refractivity contribution in [2.24, 2.45) is 0 Å². The highest BCUT2D eigenvalue weighted by atomic mass is 16.5. The summed E-state index contributed by atoms with van der Waals surface area (Å²) in [7, 11) is 1.64. The summed E-state index contributed by atoms with van der Waals surface area (Å²) < 4.78 is 6.76. The molecule has 0 fully saturated rings. The fraction of sp³-hybridized carbons (Fsp3) is 0.0769. The molecule has 0 radical (unpaired) electrons. The smallest absolute Gasteiger partial charge is 0.267 e. The summed E-state index contributed by atoms with van der Waals surface area (Å²) in [6.07, 6.45) is 3.94. The molecule has 0 amide bonds. The first-order valence-electron chi connectivity index (χ1n) is 9.78. The summed E-state index contributed by atoms with van der Waals surface area (Å²) >= 11 is 0. The number of hydrogen-bond acceptors (Lipinski definition) is 3. The van der Waals surface area contributed by atoms with Gasteiger partial charge in [0.05, 0.1) is 19.3 Å². The minimum atomic E-state index is -0.135. The Labute approximate surface area is 175 Å². The predicted molar refractivity (Wildman–Crippen MR) is 121 cm³/mol. The number of methoxy groups -OCH3 is 1. The number of ether oxygens (including phenoxy) is 1. The van der Waals surface area contributed by atoms with Gasteiger partial charge in [0.15, 0.2) is 0 Å². The van der Waals surface area contributed by atoms with E-state index in [0.717, 1.165) is 33.7 Å². The largest absolute Gasteiger partial charge is 0.497 e. The third kappa shape index (κ3) is 4.39. The van der Waals surface area contributed by atoms with Gasteiger partial charge < -0.3 is 4.74 Å². The van der Waals surface area contributed by atoms with Crippen LogP contribution in [0.5, 0.6) is 5.75 Å². The van der Waals surface area contributed by atoms with Gasteiger partial charge in [0.25, 0.3) is 5.56 Å². The Balaban J connectivity index is 1.75. The zero-order chi connectivity index (χ0) is 20.8. The van der Waals surface area contributed by atoms with Gasteiger partial charge in [0, 0.05) is 17.2 Å². The second kappa shape index (κ2) is 9.05. The molecule has 1 heterocycles. The second-order valence-electron chi connectivity index (χ2n) is 6.83. The van der Waals surface area contributed by atoms with Crippen LogP contribution < -0.4 is 10.3 Å². The molecule has 0 atom stereocenters. The molecule has 0 aliphatic rings. The summed E-state index contributed by atoms with van der Waals surface area (Å²) in [5, 5.41) is 4.72. The van der Waals surface area contributed by atoms with Crippen molar-refractivity contribution in [3.63, 3.8) is 0 Å². The molecule has 3 aromatic carbocycles. The average molecular weight is 394 g/mol. The predicted octanol–water partition coefficient (Wildman–Crippen LogP) is 5.30. The monoisotopic (exact) mass is 394 g/mol. The van der Waals surface area contributed by atoms with E-state index in [1.807, 2.05) is 97.1 Å². The number of benzene rings is 3. The molecule has 4 nitrogen and oxygen atoms in total. The minimum Gasteiger partial charge on any atom is -0.497 e. The fourth-order valence-corrected chi connectivity index (χ4v) is 3.27. The Hall–Kier alpha value is -3.92. The van der Waals surface area contributed by atoms with Crippen LogP contribution in [-0.2, 0) is 6.54 Å². The number of nitrogens with zero attached hydrogens (tertiary/aromatic N) is 2. The Morgan fingerprint density at radius 1 is 0.867 bits per heavy atom. The van der Waals surface area contributed by atoms with E-state index in [1.165, 1.54) is 4.68 Å². The minimum absolute atomic E-state index is 0.135. The van der Waals surface area contributed by atoms with E-state index < -0.39 is 0 Å². The van der Waals surface area contributed by atoms with Crippen LogP contribution in [0.15, 0.2) is 102 Å². The molecule has 0 unspecified atom stereocenters. The molecular weight excluding hydrogens is 372 g/mol. The average Bonchev–Trinajstić information content (AvgIpc) is 2.81. The Morgan fingerprint density at radius 2 is 1.53 bits per heavy atom. The van der Waals surface area contributed by atoms with Crippen LogP contribution in [0.4, 0.5) is 0 Å². The lowest BCUT2D eigenvalue weighted by Crippen LogP contribution is -2.22. The summed E-state index contributed by atoms with van der Waals surface area (Å²) in [5.74, 6) is 0.777. The van der Waals surface area contributed by atoms with E-state index in [0.29, 0.717) is 6.54 Å². The lowest BCUT2D eigenvalue weighted by atomic mass is 10.00. The maximum absolute atomic E-state index is 12.8. The van der Waals surface area contributed by atoms with Crippen LogP contribution in [0, 0.1) is 0 Å². The van der Waals surface area contributed by atoms with E-state index in [9.17, 15) is 4.79 Å². The highest BCUT2D eigenvalue weighted by Crippen LogP contribution is 2.30. The van der Waals surface area contributed by atoms with Gasteiger partial charge in [-0.3, -0.25) is 4.79 Å². The number of allylic oxidation sites excluding steroid dienone is 1. The Kier molecular flexibility index (Phi) is 5.85. The van der Waals surface area contributed by atoms with Crippen molar-refractivity contribution >= 4 is 6.08 Å². The van der Waals surface area contributed by atoms with E-state index in [2.05, 4.69) is 0 Å². The molecule has 0 aliphatic heterocycles. The van der Waals surface area contributed by atoms with Crippen molar-refractivity contribution < 1.29 is 4.74 Å². The van der Waals surface area contributed by atoms with Gasteiger partial charge in [0.2, 0.25) is 0 Å². The number of rotatable bonds is 6. The first-order chi connectivity index (χ1) is 14.7. The van der Waals surface area contributed by atoms with Crippen LogP contribution in [0.1, 0.15) is 5.56 Å². The molecule has 4 aromatic rings. The van der Waals surface area contributed by atoms with Crippen molar-refractivity contribution in [3.8, 4) is 28.1 Å². The number of aromatic nitrogens is 2.